The van der Waals surface area contributed by atoms with Crippen LogP contribution in [0.25, 0.3) is 10.6 Å². The second kappa shape index (κ2) is 14.8. The molecular formula is C35H34N2O4S3. The molecule has 0 amide bonds. The molecule has 0 aliphatic carbocycles. The zero-order valence-corrected chi connectivity index (χ0v) is 27.1. The van der Waals surface area contributed by atoms with Crippen molar-refractivity contribution in [1.82, 2.24) is 9.88 Å². The van der Waals surface area contributed by atoms with Crippen molar-refractivity contribution in [2.75, 3.05) is 25.2 Å². The molecule has 0 aliphatic rings. The van der Waals surface area contributed by atoms with E-state index >= 15 is 0 Å². The Morgan fingerprint density at radius 3 is 2.25 bits per heavy atom. The fourth-order valence-corrected chi connectivity index (χ4v) is 7.87. The van der Waals surface area contributed by atoms with Crippen molar-refractivity contribution < 1.29 is 17.9 Å². The van der Waals surface area contributed by atoms with Gasteiger partial charge in [-0.05, 0) is 54.4 Å². The van der Waals surface area contributed by atoms with Crippen LogP contribution in [-0.2, 0) is 22.9 Å². The van der Waals surface area contributed by atoms with Gasteiger partial charge >= 0.3 is 0 Å². The summed E-state index contributed by atoms with van der Waals surface area (Å²) in [6.07, 6.45) is 0. The van der Waals surface area contributed by atoms with Crippen LogP contribution in [0.5, 0.6) is 5.75 Å². The summed E-state index contributed by atoms with van der Waals surface area (Å²) >= 11 is 3.20. The van der Waals surface area contributed by atoms with Gasteiger partial charge in [0.05, 0.1) is 12.0 Å². The Bertz CT molecular complexity index is 1790. The Morgan fingerprint density at radius 1 is 0.864 bits per heavy atom. The number of ketones is 1. The predicted octanol–water partition coefficient (Wildman–Crippen LogP) is 7.58. The summed E-state index contributed by atoms with van der Waals surface area (Å²) in [5.41, 5.74) is 3.25. The summed E-state index contributed by atoms with van der Waals surface area (Å²) in [6.45, 7) is 4.00. The lowest BCUT2D eigenvalue weighted by Crippen LogP contribution is -2.25. The Hall–Kier alpha value is -3.76. The van der Waals surface area contributed by atoms with Crippen molar-refractivity contribution in [2.24, 2.45) is 0 Å². The number of carbonyl (C=O) groups excluding carboxylic acids is 1. The number of Topliss-reactive ketones (excluding diaryl/α,β-unsaturated/α-hetero) is 1. The van der Waals surface area contributed by atoms with E-state index in [1.807, 2.05) is 78.9 Å². The lowest BCUT2D eigenvalue weighted by molar-refractivity contribution is 0.101. The normalized spacial score (nSPS) is 11.5. The highest BCUT2D eigenvalue weighted by atomic mass is 32.2. The summed E-state index contributed by atoms with van der Waals surface area (Å²) in [4.78, 5) is 22.0. The number of aryl methyl sites for hydroxylation is 1. The van der Waals surface area contributed by atoms with Gasteiger partial charge in [-0.25, -0.2) is 13.4 Å². The number of nitrogens with zero attached hydrogens (tertiary/aromatic N) is 2. The molecule has 0 atom stereocenters. The summed E-state index contributed by atoms with van der Waals surface area (Å²) < 4.78 is 31.9. The van der Waals surface area contributed by atoms with E-state index in [1.165, 1.54) is 16.2 Å². The van der Waals surface area contributed by atoms with Crippen LogP contribution in [-0.4, -0.2) is 49.2 Å². The van der Waals surface area contributed by atoms with Gasteiger partial charge in [-0.3, -0.25) is 9.69 Å². The fourth-order valence-electron chi connectivity index (χ4n) is 4.80. The molecule has 0 unspecified atom stereocenters. The number of aromatic nitrogens is 1. The molecule has 44 heavy (non-hydrogen) atoms. The van der Waals surface area contributed by atoms with Gasteiger partial charge in [0.2, 0.25) is 0 Å². The van der Waals surface area contributed by atoms with Crippen LogP contribution in [0.3, 0.4) is 0 Å². The van der Waals surface area contributed by atoms with Crippen LogP contribution in [0.15, 0.2) is 119 Å². The number of sulfone groups is 1. The molecule has 5 aromatic rings. The van der Waals surface area contributed by atoms with Crippen LogP contribution in [0.2, 0.25) is 0 Å². The highest BCUT2D eigenvalue weighted by Gasteiger charge is 2.24. The topological polar surface area (TPSA) is 76.6 Å². The molecule has 9 heteroatoms. The minimum absolute atomic E-state index is 0.129. The fraction of sp³-hybridized carbons (Fsp3) is 0.200. The SMILES string of the molecule is COc1cccc(CN(CCSc2ccccc2)Cc2ccc(S(=O)(=O)CC(=O)c3nc(-c4ccccc4)sc3C)cc2)c1. The van der Waals surface area contributed by atoms with E-state index in [2.05, 4.69) is 28.1 Å². The quantitative estimate of drug-likeness (QED) is 0.0913. The van der Waals surface area contributed by atoms with Crippen molar-refractivity contribution in [2.45, 2.75) is 29.8 Å². The minimum Gasteiger partial charge on any atom is -0.497 e. The summed E-state index contributed by atoms with van der Waals surface area (Å²) in [7, 11) is -2.18. The Kier molecular flexibility index (Phi) is 10.7. The second-order valence-corrected chi connectivity index (χ2v) is 14.7. The van der Waals surface area contributed by atoms with E-state index in [9.17, 15) is 13.2 Å². The third-order valence-corrected chi connectivity index (χ3v) is 10.7. The lowest BCUT2D eigenvalue weighted by Gasteiger charge is -2.23. The van der Waals surface area contributed by atoms with Crippen molar-refractivity contribution in [1.29, 1.82) is 0 Å². The second-order valence-electron chi connectivity index (χ2n) is 10.3. The molecule has 1 aromatic heterocycles. The van der Waals surface area contributed by atoms with Gasteiger partial charge in [0, 0.05) is 40.7 Å². The van der Waals surface area contributed by atoms with Gasteiger partial charge in [0.25, 0.3) is 0 Å². The number of thiazole rings is 1. The maximum absolute atomic E-state index is 13.2. The van der Waals surface area contributed by atoms with E-state index in [-0.39, 0.29) is 10.6 Å². The van der Waals surface area contributed by atoms with Crippen LogP contribution < -0.4 is 4.74 Å². The van der Waals surface area contributed by atoms with Gasteiger partial charge in [0.1, 0.15) is 22.2 Å². The molecule has 0 bridgehead atoms. The molecule has 0 radical (unpaired) electrons. The number of carbonyl (C=O) groups is 1. The molecule has 0 fully saturated rings. The van der Waals surface area contributed by atoms with E-state index < -0.39 is 21.4 Å². The van der Waals surface area contributed by atoms with Crippen LogP contribution >= 0.6 is 23.1 Å². The van der Waals surface area contributed by atoms with E-state index in [1.54, 1.807) is 37.9 Å². The molecule has 0 spiro atoms. The molecule has 5 rings (SSSR count). The highest BCUT2D eigenvalue weighted by Crippen LogP contribution is 2.28. The molecule has 4 aromatic carbocycles. The number of thioether (sulfide) groups is 1. The Morgan fingerprint density at radius 2 is 1.55 bits per heavy atom. The maximum Gasteiger partial charge on any atom is 0.197 e. The first-order valence-corrected chi connectivity index (χ1v) is 17.7. The molecular weight excluding hydrogens is 609 g/mol. The van der Waals surface area contributed by atoms with Gasteiger partial charge < -0.3 is 4.74 Å². The monoisotopic (exact) mass is 642 g/mol. The number of hydrogen-bond donors (Lipinski definition) is 0. The molecule has 226 valence electrons. The van der Waals surface area contributed by atoms with Crippen molar-refractivity contribution in [3.05, 3.63) is 131 Å². The largest absolute Gasteiger partial charge is 0.497 e. The third-order valence-electron chi connectivity index (χ3n) is 7.05. The van der Waals surface area contributed by atoms with Crippen molar-refractivity contribution in [3.8, 4) is 16.3 Å². The molecule has 1 heterocycles. The third kappa shape index (κ3) is 8.45. The van der Waals surface area contributed by atoms with E-state index in [4.69, 9.17) is 4.74 Å². The van der Waals surface area contributed by atoms with Crippen molar-refractivity contribution in [3.63, 3.8) is 0 Å². The summed E-state index contributed by atoms with van der Waals surface area (Å²) in [6, 6.07) is 34.8. The molecule has 0 N–H and O–H groups in total. The van der Waals surface area contributed by atoms with E-state index in [0.29, 0.717) is 16.4 Å². The first-order chi connectivity index (χ1) is 21.3. The lowest BCUT2D eigenvalue weighted by atomic mass is 10.1. The highest BCUT2D eigenvalue weighted by molar-refractivity contribution is 7.99. The molecule has 0 saturated heterocycles. The van der Waals surface area contributed by atoms with Crippen molar-refractivity contribution >= 4 is 38.7 Å². The smallest absolute Gasteiger partial charge is 0.197 e. The average molecular weight is 643 g/mol. The number of ether oxygens (including phenoxy) is 1. The van der Waals surface area contributed by atoms with Gasteiger partial charge in [-0.1, -0.05) is 72.8 Å². The van der Waals surface area contributed by atoms with Crippen LogP contribution in [0.4, 0.5) is 0 Å². The van der Waals surface area contributed by atoms with Crippen LogP contribution in [0, 0.1) is 6.92 Å². The number of methoxy groups -OCH3 is 1. The number of rotatable bonds is 14. The maximum atomic E-state index is 13.2. The van der Waals surface area contributed by atoms with Gasteiger partial charge in [-0.15, -0.1) is 23.1 Å². The molecule has 0 saturated carbocycles. The minimum atomic E-state index is -3.84. The summed E-state index contributed by atoms with van der Waals surface area (Å²) in [5.74, 6) is 0.605. The predicted molar refractivity (Wildman–Crippen MR) is 179 cm³/mol. The summed E-state index contributed by atoms with van der Waals surface area (Å²) in [5, 5.41) is 0.703. The number of hydrogen-bond acceptors (Lipinski definition) is 8. The molecule has 6 nitrogen and oxygen atoms in total. The zero-order valence-electron chi connectivity index (χ0n) is 24.7. The Labute approximate surface area is 267 Å². The number of benzene rings is 4. The van der Waals surface area contributed by atoms with E-state index in [0.717, 1.165) is 41.3 Å². The molecule has 0 aliphatic heterocycles. The average Bonchev–Trinajstić information content (AvgIpc) is 3.44. The zero-order chi connectivity index (χ0) is 30.9. The Balaban J connectivity index is 1.26. The van der Waals surface area contributed by atoms with Gasteiger partial charge in [-0.2, -0.15) is 0 Å². The standard InChI is InChI=1S/C35H34N2O4S3/c1-26-34(36-35(43-26)29-11-5-3-6-12-29)33(38)25-44(39,40)32-18-16-27(17-19-32)23-37(20-21-42-31-14-7-4-8-15-31)24-28-10-9-13-30(22-28)41-2/h3-19,22H,20-21,23-25H2,1-2H3. The first kappa shape index (κ1) is 31.7. The van der Waals surface area contributed by atoms with Crippen LogP contribution in [0.1, 0.15) is 26.5 Å². The first-order valence-electron chi connectivity index (χ1n) is 14.2. The van der Waals surface area contributed by atoms with Gasteiger partial charge in [0.15, 0.2) is 15.6 Å².